The molecule has 6 heteroatoms. The Balaban J connectivity index is 2.03. The van der Waals surface area contributed by atoms with Gasteiger partial charge in [0, 0.05) is 12.1 Å². The van der Waals surface area contributed by atoms with Crippen LogP contribution in [-0.2, 0) is 6.54 Å². The van der Waals surface area contributed by atoms with Crippen molar-refractivity contribution >= 4 is 11.5 Å². The molecule has 0 amide bonds. The Labute approximate surface area is 123 Å². The predicted molar refractivity (Wildman–Crippen MR) is 80.6 cm³/mol. The molecule has 0 spiro atoms. The quantitative estimate of drug-likeness (QED) is 0.767. The first-order chi connectivity index (χ1) is 10.2. The van der Waals surface area contributed by atoms with Gasteiger partial charge in [-0.2, -0.15) is 4.98 Å². The first-order valence-electron chi connectivity index (χ1n) is 6.93. The van der Waals surface area contributed by atoms with Crippen molar-refractivity contribution in [2.24, 2.45) is 0 Å². The average molecular weight is 290 g/mol. The molecule has 0 aliphatic rings. The van der Waals surface area contributed by atoms with Crippen LogP contribution in [0.1, 0.15) is 25.3 Å². The third-order valence-electron chi connectivity index (χ3n) is 2.99. The lowest BCUT2D eigenvalue weighted by molar-refractivity contribution is 0.299. The number of hydrogen-bond acceptors (Lipinski definition) is 5. The van der Waals surface area contributed by atoms with Crippen LogP contribution in [0.4, 0.5) is 15.9 Å². The molecule has 1 aromatic heterocycles. The van der Waals surface area contributed by atoms with E-state index in [9.17, 15) is 4.39 Å². The molecule has 0 radical (unpaired) electrons. The van der Waals surface area contributed by atoms with Gasteiger partial charge in [-0.05, 0) is 12.5 Å². The van der Waals surface area contributed by atoms with E-state index < -0.39 is 0 Å². The number of nitrogen functional groups attached to an aromatic ring is 1. The summed E-state index contributed by atoms with van der Waals surface area (Å²) in [5, 5.41) is 3.00. The van der Waals surface area contributed by atoms with Crippen LogP contribution in [0.25, 0.3) is 0 Å². The van der Waals surface area contributed by atoms with Crippen molar-refractivity contribution in [2.45, 2.75) is 26.3 Å². The minimum Gasteiger partial charge on any atom is -0.476 e. The van der Waals surface area contributed by atoms with Crippen molar-refractivity contribution in [3.8, 4) is 5.88 Å². The van der Waals surface area contributed by atoms with E-state index in [1.54, 1.807) is 18.2 Å². The molecule has 0 unspecified atom stereocenters. The Morgan fingerprint density at radius 2 is 2.10 bits per heavy atom. The molecule has 21 heavy (non-hydrogen) atoms. The molecule has 0 aliphatic heterocycles. The van der Waals surface area contributed by atoms with Gasteiger partial charge in [0.1, 0.15) is 17.8 Å². The van der Waals surface area contributed by atoms with Gasteiger partial charge in [-0.1, -0.05) is 31.5 Å². The smallest absolute Gasteiger partial charge is 0.242 e. The van der Waals surface area contributed by atoms with Gasteiger partial charge in [-0.15, -0.1) is 0 Å². The highest BCUT2D eigenvalue weighted by Crippen LogP contribution is 2.25. The average Bonchev–Trinajstić information content (AvgIpc) is 2.49. The Kier molecular flexibility index (Phi) is 5.31. The molecule has 0 aliphatic carbocycles. The summed E-state index contributed by atoms with van der Waals surface area (Å²) in [6.45, 7) is 2.93. The second-order valence-electron chi connectivity index (χ2n) is 4.59. The van der Waals surface area contributed by atoms with Crippen LogP contribution in [0.2, 0.25) is 0 Å². The lowest BCUT2D eigenvalue weighted by atomic mass is 10.2. The van der Waals surface area contributed by atoms with Gasteiger partial charge in [0.05, 0.1) is 6.61 Å². The molecular weight excluding hydrogens is 271 g/mol. The molecule has 2 aromatic rings. The van der Waals surface area contributed by atoms with E-state index in [1.165, 1.54) is 12.4 Å². The van der Waals surface area contributed by atoms with Crippen molar-refractivity contribution in [1.29, 1.82) is 0 Å². The van der Waals surface area contributed by atoms with E-state index in [4.69, 9.17) is 10.5 Å². The predicted octanol–water partition coefficient (Wildman–Crippen LogP) is 2.99. The maximum Gasteiger partial charge on any atom is 0.242 e. The number of nitrogens with zero attached hydrogens (tertiary/aromatic N) is 2. The van der Waals surface area contributed by atoms with Crippen LogP contribution in [0.5, 0.6) is 5.88 Å². The summed E-state index contributed by atoms with van der Waals surface area (Å²) in [6.07, 6.45) is 3.34. The van der Waals surface area contributed by atoms with Gasteiger partial charge in [-0.3, -0.25) is 0 Å². The van der Waals surface area contributed by atoms with Gasteiger partial charge in [-0.25, -0.2) is 9.37 Å². The summed E-state index contributed by atoms with van der Waals surface area (Å²) < 4.78 is 19.1. The summed E-state index contributed by atoms with van der Waals surface area (Å²) in [5.41, 5.74) is 6.84. The van der Waals surface area contributed by atoms with Crippen molar-refractivity contribution in [3.05, 3.63) is 42.0 Å². The summed E-state index contributed by atoms with van der Waals surface area (Å²) in [4.78, 5) is 8.07. The van der Waals surface area contributed by atoms with Gasteiger partial charge in [0.2, 0.25) is 5.88 Å². The number of anilines is 2. The number of benzene rings is 1. The number of hydrogen-bond donors (Lipinski definition) is 2. The third-order valence-corrected chi connectivity index (χ3v) is 2.99. The molecule has 112 valence electrons. The Hall–Kier alpha value is -2.37. The van der Waals surface area contributed by atoms with Crippen LogP contribution in [0.3, 0.4) is 0 Å². The zero-order valence-electron chi connectivity index (χ0n) is 12.0. The van der Waals surface area contributed by atoms with Crippen molar-refractivity contribution in [1.82, 2.24) is 9.97 Å². The largest absolute Gasteiger partial charge is 0.476 e. The molecule has 5 nitrogen and oxygen atoms in total. The molecule has 1 aromatic carbocycles. The molecule has 3 N–H and O–H groups in total. The van der Waals surface area contributed by atoms with Crippen LogP contribution >= 0.6 is 0 Å². The second-order valence-corrected chi connectivity index (χ2v) is 4.59. The summed E-state index contributed by atoms with van der Waals surface area (Å²) in [6, 6.07) is 6.55. The second kappa shape index (κ2) is 7.42. The topological polar surface area (TPSA) is 73.1 Å². The minimum atomic E-state index is -0.267. The minimum absolute atomic E-state index is 0.267. The molecule has 0 atom stereocenters. The van der Waals surface area contributed by atoms with Crippen LogP contribution in [0.15, 0.2) is 30.6 Å². The Morgan fingerprint density at radius 1 is 1.29 bits per heavy atom. The first kappa shape index (κ1) is 15.0. The van der Waals surface area contributed by atoms with E-state index in [0.717, 1.165) is 12.8 Å². The van der Waals surface area contributed by atoms with Crippen LogP contribution in [0, 0.1) is 5.82 Å². The number of nitrogens with one attached hydrogen (secondary N) is 1. The van der Waals surface area contributed by atoms with E-state index in [-0.39, 0.29) is 5.82 Å². The van der Waals surface area contributed by atoms with Crippen LogP contribution < -0.4 is 15.8 Å². The molecule has 2 rings (SSSR count). The normalized spacial score (nSPS) is 10.4. The fourth-order valence-electron chi connectivity index (χ4n) is 1.77. The molecule has 0 fully saturated rings. The molecule has 0 saturated carbocycles. The zero-order valence-corrected chi connectivity index (χ0v) is 12.0. The highest BCUT2D eigenvalue weighted by Gasteiger charge is 2.09. The summed E-state index contributed by atoms with van der Waals surface area (Å²) in [7, 11) is 0. The van der Waals surface area contributed by atoms with E-state index in [1.807, 2.05) is 0 Å². The zero-order chi connectivity index (χ0) is 15.1. The fourth-order valence-corrected chi connectivity index (χ4v) is 1.77. The monoisotopic (exact) mass is 290 g/mol. The van der Waals surface area contributed by atoms with Crippen molar-refractivity contribution in [3.63, 3.8) is 0 Å². The summed E-state index contributed by atoms with van der Waals surface area (Å²) >= 11 is 0. The van der Waals surface area contributed by atoms with Gasteiger partial charge >= 0.3 is 0 Å². The lowest BCUT2D eigenvalue weighted by Gasteiger charge is -2.12. The summed E-state index contributed by atoms with van der Waals surface area (Å²) in [5.74, 6) is 0.534. The number of unbranched alkanes of at least 4 members (excludes halogenated alkanes) is 1. The number of ether oxygens (including phenoxy) is 1. The lowest BCUT2D eigenvalue weighted by Crippen LogP contribution is -2.09. The number of rotatable bonds is 7. The van der Waals surface area contributed by atoms with Crippen molar-refractivity contribution in [2.75, 3.05) is 17.7 Å². The van der Waals surface area contributed by atoms with Gasteiger partial charge in [0.25, 0.3) is 0 Å². The first-order valence-corrected chi connectivity index (χ1v) is 6.93. The van der Waals surface area contributed by atoms with Gasteiger partial charge in [0.15, 0.2) is 5.82 Å². The maximum absolute atomic E-state index is 13.5. The molecule has 0 saturated heterocycles. The Bertz CT molecular complexity index is 592. The number of halogens is 1. The number of nitrogens with two attached hydrogens (primary N) is 1. The molecular formula is C15H19FN4O. The van der Waals surface area contributed by atoms with Crippen molar-refractivity contribution < 1.29 is 9.13 Å². The maximum atomic E-state index is 13.5. The standard InChI is InChI=1S/C15H19FN4O/c1-2-3-8-21-15-13(17)14(19-10-20-15)18-9-11-6-4-5-7-12(11)16/h4-7,10H,2-3,8-9,17H2,1H3,(H,18,19,20). The van der Waals surface area contributed by atoms with E-state index in [2.05, 4.69) is 22.2 Å². The highest BCUT2D eigenvalue weighted by molar-refractivity contribution is 5.66. The fraction of sp³-hybridized carbons (Fsp3) is 0.333. The molecule has 0 bridgehead atoms. The number of aromatic nitrogens is 2. The molecule has 1 heterocycles. The van der Waals surface area contributed by atoms with Gasteiger partial charge < -0.3 is 15.8 Å². The Morgan fingerprint density at radius 3 is 2.86 bits per heavy atom. The highest BCUT2D eigenvalue weighted by atomic mass is 19.1. The third kappa shape index (κ3) is 4.05. The van der Waals surface area contributed by atoms with E-state index >= 15 is 0 Å². The SMILES string of the molecule is CCCCOc1ncnc(NCc2ccccc2F)c1N. The van der Waals surface area contributed by atoms with E-state index in [0.29, 0.717) is 36.1 Å². The van der Waals surface area contributed by atoms with Crippen LogP contribution in [-0.4, -0.2) is 16.6 Å².